The van der Waals surface area contributed by atoms with Gasteiger partial charge in [0.25, 0.3) is 0 Å². The highest BCUT2D eigenvalue weighted by molar-refractivity contribution is 7.47. The first-order chi connectivity index (χ1) is 26.6. The summed E-state index contributed by atoms with van der Waals surface area (Å²) in [7, 11) is -4.75. The summed E-state index contributed by atoms with van der Waals surface area (Å²) >= 11 is 0. The molecule has 322 valence electrons. The van der Waals surface area contributed by atoms with Crippen molar-refractivity contribution in [3.05, 3.63) is 24.3 Å². The van der Waals surface area contributed by atoms with Crippen molar-refractivity contribution >= 4 is 25.7 Å². The van der Waals surface area contributed by atoms with Crippen LogP contribution in [0.25, 0.3) is 0 Å². The maximum atomic E-state index is 12.3. The largest absolute Gasteiger partial charge is 0.480 e. The van der Waals surface area contributed by atoms with Gasteiger partial charge in [-0.2, -0.15) is 0 Å². The zero-order chi connectivity index (χ0) is 40.7. The first kappa shape index (κ1) is 53.0. The summed E-state index contributed by atoms with van der Waals surface area (Å²) in [4.78, 5) is 45.7. The van der Waals surface area contributed by atoms with E-state index in [1.165, 1.54) is 116 Å². The number of ether oxygens (including phenoxy) is 1. The van der Waals surface area contributed by atoms with Crippen molar-refractivity contribution in [3.8, 4) is 0 Å². The number of carboxylic acids is 1. The van der Waals surface area contributed by atoms with Crippen LogP contribution in [0.3, 0.4) is 0 Å². The second-order valence-corrected chi connectivity index (χ2v) is 16.3. The minimum absolute atomic E-state index is 0.147. The van der Waals surface area contributed by atoms with Crippen LogP contribution in [-0.4, -0.2) is 64.9 Å². The number of aliphatic hydroxyl groups excluding tert-OH is 1. The van der Waals surface area contributed by atoms with E-state index < -0.39 is 57.6 Å². The third-order valence-electron chi connectivity index (χ3n) is 9.49. The molecular weight excluding hydrogens is 721 g/mol. The Morgan fingerprint density at radius 2 is 1.00 bits per heavy atom. The molecule has 12 heteroatoms. The van der Waals surface area contributed by atoms with Crippen molar-refractivity contribution in [3.63, 3.8) is 0 Å². The standard InChI is InChI=1S/C43H80NO10P/c1-3-5-7-9-11-13-14-15-16-17-18-19-20-21-22-23-24-25-26-27-28-30-32-34-41(46)44-40(43(48)49)38-54-55(50,51)53-37-39(45)36-52-42(47)35-33-31-29-12-10-8-6-4-2/h11,13,15-16,39-40,45H,3-10,12,14,17-38H2,1-2H3,(H,44,46)(H,48,49)(H,50,51)/b13-11-,16-15-. The highest BCUT2D eigenvalue weighted by atomic mass is 31.2. The molecule has 3 unspecified atom stereocenters. The number of phosphoric ester groups is 1. The van der Waals surface area contributed by atoms with Crippen molar-refractivity contribution in [2.75, 3.05) is 19.8 Å². The molecule has 0 aromatic heterocycles. The van der Waals surface area contributed by atoms with E-state index in [1.807, 2.05) is 0 Å². The molecule has 0 heterocycles. The number of rotatable bonds is 41. The van der Waals surface area contributed by atoms with Gasteiger partial charge in [0.15, 0.2) is 6.04 Å². The molecule has 3 atom stereocenters. The van der Waals surface area contributed by atoms with Crippen LogP contribution >= 0.6 is 7.82 Å². The number of aliphatic hydroxyl groups is 1. The van der Waals surface area contributed by atoms with Crippen LogP contribution in [-0.2, 0) is 32.7 Å². The number of phosphoric acid groups is 1. The molecule has 4 N–H and O–H groups in total. The number of nitrogens with one attached hydrogen (secondary N) is 1. The van der Waals surface area contributed by atoms with Crippen LogP contribution < -0.4 is 5.32 Å². The lowest BCUT2D eigenvalue weighted by Gasteiger charge is -2.18. The van der Waals surface area contributed by atoms with E-state index in [2.05, 4.69) is 43.5 Å². The Balaban J connectivity index is 3.83. The Hall–Kier alpha value is -2.04. The number of hydrogen-bond donors (Lipinski definition) is 4. The lowest BCUT2D eigenvalue weighted by atomic mass is 10.0. The zero-order valence-corrected chi connectivity index (χ0v) is 35.6. The Morgan fingerprint density at radius 3 is 1.51 bits per heavy atom. The second-order valence-electron chi connectivity index (χ2n) is 14.9. The molecule has 0 aliphatic heterocycles. The fourth-order valence-corrected chi connectivity index (χ4v) is 6.82. The molecule has 0 aliphatic rings. The summed E-state index contributed by atoms with van der Waals surface area (Å²) in [6.07, 6.45) is 39.4. The summed E-state index contributed by atoms with van der Waals surface area (Å²) in [5, 5.41) is 21.8. The predicted octanol–water partition coefficient (Wildman–Crippen LogP) is 11.1. The molecule has 11 nitrogen and oxygen atoms in total. The molecule has 0 spiro atoms. The van der Waals surface area contributed by atoms with Gasteiger partial charge >= 0.3 is 19.8 Å². The number of aliphatic carboxylic acids is 1. The monoisotopic (exact) mass is 802 g/mol. The highest BCUT2D eigenvalue weighted by Crippen LogP contribution is 2.43. The molecule has 0 aromatic rings. The maximum absolute atomic E-state index is 12.3. The van der Waals surface area contributed by atoms with E-state index in [4.69, 9.17) is 13.8 Å². The quantitative estimate of drug-likeness (QED) is 0.0202. The Bertz CT molecular complexity index is 1040. The number of carboxylic acid groups (broad SMARTS) is 1. The normalized spacial score (nSPS) is 14.0. The molecular formula is C43H80NO10P. The molecule has 0 aliphatic carbocycles. The number of esters is 1. The Labute approximate surface area is 334 Å². The van der Waals surface area contributed by atoms with Gasteiger partial charge < -0.3 is 25.2 Å². The van der Waals surface area contributed by atoms with Crippen molar-refractivity contribution in [1.29, 1.82) is 0 Å². The van der Waals surface area contributed by atoms with E-state index in [0.717, 1.165) is 44.9 Å². The highest BCUT2D eigenvalue weighted by Gasteiger charge is 2.28. The third kappa shape index (κ3) is 38.6. The molecule has 0 saturated carbocycles. The van der Waals surface area contributed by atoms with Crippen molar-refractivity contribution < 1.29 is 47.8 Å². The Kier molecular flexibility index (Phi) is 37.4. The molecule has 0 aromatic carbocycles. The second kappa shape index (κ2) is 38.8. The lowest BCUT2D eigenvalue weighted by Crippen LogP contribution is -2.43. The van der Waals surface area contributed by atoms with E-state index in [0.29, 0.717) is 12.8 Å². The average Bonchev–Trinajstić information content (AvgIpc) is 3.16. The van der Waals surface area contributed by atoms with Crippen LogP contribution in [0.1, 0.15) is 200 Å². The predicted molar refractivity (Wildman–Crippen MR) is 222 cm³/mol. The van der Waals surface area contributed by atoms with Gasteiger partial charge in [0.1, 0.15) is 12.7 Å². The first-order valence-corrected chi connectivity index (χ1v) is 23.4. The van der Waals surface area contributed by atoms with E-state index in [1.54, 1.807) is 0 Å². The number of carbonyl (C=O) groups excluding carboxylic acids is 2. The van der Waals surface area contributed by atoms with Crippen LogP contribution in [0.15, 0.2) is 24.3 Å². The average molecular weight is 802 g/mol. The molecule has 0 fully saturated rings. The van der Waals surface area contributed by atoms with E-state index in [9.17, 15) is 34.1 Å². The number of amides is 1. The van der Waals surface area contributed by atoms with Gasteiger partial charge in [-0.15, -0.1) is 0 Å². The van der Waals surface area contributed by atoms with Gasteiger partial charge in [0, 0.05) is 12.8 Å². The number of carbonyl (C=O) groups is 3. The maximum Gasteiger partial charge on any atom is 0.472 e. The molecule has 0 rings (SSSR count). The summed E-state index contributed by atoms with van der Waals surface area (Å²) in [5.74, 6) is -2.37. The van der Waals surface area contributed by atoms with E-state index in [-0.39, 0.29) is 12.8 Å². The van der Waals surface area contributed by atoms with Gasteiger partial charge in [-0.05, 0) is 44.9 Å². The lowest BCUT2D eigenvalue weighted by molar-refractivity contribution is -0.147. The number of allylic oxidation sites excluding steroid dienone is 4. The Morgan fingerprint density at radius 1 is 0.582 bits per heavy atom. The smallest absolute Gasteiger partial charge is 0.472 e. The van der Waals surface area contributed by atoms with Crippen molar-refractivity contribution in [1.82, 2.24) is 5.32 Å². The van der Waals surface area contributed by atoms with E-state index >= 15 is 0 Å². The van der Waals surface area contributed by atoms with Crippen LogP contribution in [0.2, 0.25) is 0 Å². The third-order valence-corrected chi connectivity index (χ3v) is 10.4. The van der Waals surface area contributed by atoms with Gasteiger partial charge in [-0.3, -0.25) is 18.6 Å². The van der Waals surface area contributed by atoms with Crippen molar-refractivity contribution in [2.45, 2.75) is 212 Å². The molecule has 55 heavy (non-hydrogen) atoms. The van der Waals surface area contributed by atoms with Gasteiger partial charge in [0.2, 0.25) is 5.91 Å². The summed E-state index contributed by atoms with van der Waals surface area (Å²) in [5.41, 5.74) is 0. The van der Waals surface area contributed by atoms with Gasteiger partial charge in [0.05, 0.1) is 13.2 Å². The zero-order valence-electron chi connectivity index (χ0n) is 34.7. The molecule has 0 bridgehead atoms. The fraction of sp³-hybridized carbons (Fsp3) is 0.837. The first-order valence-electron chi connectivity index (χ1n) is 21.9. The summed E-state index contributed by atoms with van der Waals surface area (Å²) in [6.45, 7) is 2.53. The van der Waals surface area contributed by atoms with Crippen LogP contribution in [0.5, 0.6) is 0 Å². The topological polar surface area (TPSA) is 169 Å². The molecule has 1 amide bonds. The van der Waals surface area contributed by atoms with Crippen LogP contribution in [0.4, 0.5) is 0 Å². The number of hydrogen-bond acceptors (Lipinski definition) is 8. The minimum atomic E-state index is -4.75. The van der Waals surface area contributed by atoms with Gasteiger partial charge in [-0.1, -0.05) is 167 Å². The summed E-state index contributed by atoms with van der Waals surface area (Å²) < 4.78 is 26.7. The van der Waals surface area contributed by atoms with Gasteiger partial charge in [-0.25, -0.2) is 9.36 Å². The van der Waals surface area contributed by atoms with Crippen molar-refractivity contribution in [2.24, 2.45) is 0 Å². The molecule has 0 radical (unpaired) electrons. The molecule has 0 saturated heterocycles. The summed E-state index contributed by atoms with van der Waals surface area (Å²) in [6, 6.07) is -1.54. The van der Waals surface area contributed by atoms with Crippen LogP contribution in [0, 0.1) is 0 Å². The number of unbranched alkanes of at least 4 members (excludes halogenated alkanes) is 23. The SMILES string of the molecule is CCCCC/C=C\C/C=C\CCCCCCCCCCCCCCCC(=O)NC(COP(=O)(O)OCC(O)COC(=O)CCCCCCCCCC)C(=O)O. The minimum Gasteiger partial charge on any atom is -0.480 e. The fourth-order valence-electron chi connectivity index (χ4n) is 6.05.